The van der Waals surface area contributed by atoms with E-state index >= 15 is 0 Å². The molecule has 1 atom stereocenters. The van der Waals surface area contributed by atoms with Crippen LogP contribution >= 0.6 is 11.3 Å². The normalized spacial score (nSPS) is 13.6. The molecule has 0 aliphatic rings. The Bertz CT molecular complexity index is 864. The van der Waals surface area contributed by atoms with Gasteiger partial charge in [-0.25, -0.2) is 0 Å². The highest BCUT2D eigenvalue weighted by Crippen LogP contribution is 2.32. The number of hydrogen-bond donors (Lipinski definition) is 2. The number of benzene rings is 2. The van der Waals surface area contributed by atoms with Crippen LogP contribution in [0.1, 0.15) is 36.0 Å². The minimum atomic E-state index is -1.12. The molecular formula is C21H23NO3S. The van der Waals surface area contributed by atoms with Crippen molar-refractivity contribution in [2.24, 2.45) is 0 Å². The van der Waals surface area contributed by atoms with Crippen molar-refractivity contribution in [1.29, 1.82) is 0 Å². The van der Waals surface area contributed by atoms with Crippen LogP contribution in [0.3, 0.4) is 0 Å². The van der Waals surface area contributed by atoms with Gasteiger partial charge in [0.25, 0.3) is 5.91 Å². The van der Waals surface area contributed by atoms with Gasteiger partial charge in [0, 0.05) is 15.1 Å². The summed E-state index contributed by atoms with van der Waals surface area (Å²) in [6.07, 6.45) is 0.0890. The van der Waals surface area contributed by atoms with Crippen molar-refractivity contribution in [3.05, 3.63) is 65.0 Å². The SMILES string of the molecule is CC(C)Oc1ccc(C(=O)NC[C@@](C)(O)c2cc3ccccc3s2)cc1. The topological polar surface area (TPSA) is 58.6 Å². The van der Waals surface area contributed by atoms with Gasteiger partial charge in [0.1, 0.15) is 11.4 Å². The van der Waals surface area contributed by atoms with Crippen LogP contribution in [0.4, 0.5) is 0 Å². The van der Waals surface area contributed by atoms with Crippen LogP contribution in [-0.4, -0.2) is 23.7 Å². The standard InChI is InChI=1S/C21H23NO3S/c1-14(2)25-17-10-8-15(9-11-17)20(23)22-13-21(3,24)19-12-16-6-4-5-7-18(16)26-19/h4-12,14,24H,13H2,1-3H3,(H,22,23)/t21-/m1/s1. The average molecular weight is 369 g/mol. The summed E-state index contributed by atoms with van der Waals surface area (Å²) < 4.78 is 6.70. The first kappa shape index (κ1) is 18.4. The Morgan fingerprint density at radius 1 is 1.19 bits per heavy atom. The zero-order chi connectivity index (χ0) is 18.7. The molecule has 0 unspecified atom stereocenters. The van der Waals surface area contributed by atoms with Crippen molar-refractivity contribution in [1.82, 2.24) is 5.32 Å². The molecule has 2 aromatic carbocycles. The van der Waals surface area contributed by atoms with Crippen molar-refractivity contribution in [3.63, 3.8) is 0 Å². The van der Waals surface area contributed by atoms with Gasteiger partial charge in [-0.05, 0) is 62.6 Å². The Labute approximate surface area is 157 Å². The molecular weight excluding hydrogens is 346 g/mol. The molecule has 136 valence electrons. The monoisotopic (exact) mass is 369 g/mol. The summed E-state index contributed by atoms with van der Waals surface area (Å²) in [6, 6.07) is 17.0. The molecule has 1 aromatic heterocycles. The third kappa shape index (κ3) is 4.23. The third-order valence-electron chi connectivity index (χ3n) is 4.04. The lowest BCUT2D eigenvalue weighted by atomic mass is 10.0. The molecule has 4 nitrogen and oxygen atoms in total. The summed E-state index contributed by atoms with van der Waals surface area (Å²) in [7, 11) is 0. The molecule has 2 N–H and O–H groups in total. The van der Waals surface area contributed by atoms with E-state index in [2.05, 4.69) is 5.32 Å². The Hall–Kier alpha value is -2.37. The van der Waals surface area contributed by atoms with Crippen molar-refractivity contribution in [2.45, 2.75) is 32.5 Å². The number of amides is 1. The predicted octanol–water partition coefficient (Wildman–Crippen LogP) is 4.33. The lowest BCUT2D eigenvalue weighted by Gasteiger charge is -2.22. The molecule has 0 saturated carbocycles. The highest BCUT2D eigenvalue weighted by atomic mass is 32.1. The molecule has 0 aliphatic carbocycles. The Morgan fingerprint density at radius 3 is 2.54 bits per heavy atom. The van der Waals surface area contributed by atoms with Crippen LogP contribution in [0.5, 0.6) is 5.75 Å². The van der Waals surface area contributed by atoms with E-state index in [1.54, 1.807) is 42.5 Å². The summed E-state index contributed by atoms with van der Waals surface area (Å²) in [5.74, 6) is 0.510. The van der Waals surface area contributed by atoms with Gasteiger partial charge < -0.3 is 15.2 Å². The number of hydrogen-bond acceptors (Lipinski definition) is 4. The number of aliphatic hydroxyl groups is 1. The molecule has 0 radical (unpaired) electrons. The molecule has 1 amide bonds. The third-order valence-corrected chi connectivity index (χ3v) is 5.41. The van der Waals surface area contributed by atoms with Gasteiger partial charge in [0.05, 0.1) is 12.6 Å². The van der Waals surface area contributed by atoms with Gasteiger partial charge in [0.2, 0.25) is 0 Å². The van der Waals surface area contributed by atoms with Crippen molar-refractivity contribution in [3.8, 4) is 5.75 Å². The maximum atomic E-state index is 12.4. The molecule has 3 aromatic rings. The number of ether oxygens (including phenoxy) is 1. The zero-order valence-electron chi connectivity index (χ0n) is 15.2. The second-order valence-corrected chi connectivity index (χ2v) is 7.88. The highest BCUT2D eigenvalue weighted by Gasteiger charge is 2.26. The van der Waals surface area contributed by atoms with Crippen LogP contribution in [0.2, 0.25) is 0 Å². The number of rotatable bonds is 6. The van der Waals surface area contributed by atoms with Crippen LogP contribution in [0.25, 0.3) is 10.1 Å². The summed E-state index contributed by atoms with van der Waals surface area (Å²) in [5, 5.41) is 14.7. The van der Waals surface area contributed by atoms with Crippen molar-refractivity contribution < 1.29 is 14.6 Å². The van der Waals surface area contributed by atoms with E-state index in [4.69, 9.17) is 4.74 Å². The number of fused-ring (bicyclic) bond motifs is 1. The van der Waals surface area contributed by atoms with E-state index in [9.17, 15) is 9.90 Å². The van der Waals surface area contributed by atoms with Crippen LogP contribution in [-0.2, 0) is 5.60 Å². The second-order valence-electron chi connectivity index (χ2n) is 6.80. The molecule has 5 heteroatoms. The Balaban J connectivity index is 1.65. The van der Waals surface area contributed by atoms with Gasteiger partial charge in [0.15, 0.2) is 0 Å². The van der Waals surface area contributed by atoms with E-state index in [1.807, 2.05) is 44.2 Å². The van der Waals surface area contributed by atoms with Gasteiger partial charge in [-0.2, -0.15) is 0 Å². The number of nitrogens with one attached hydrogen (secondary N) is 1. The molecule has 0 saturated heterocycles. The van der Waals surface area contributed by atoms with Crippen LogP contribution in [0.15, 0.2) is 54.6 Å². The van der Waals surface area contributed by atoms with Gasteiger partial charge in [-0.1, -0.05) is 18.2 Å². The van der Waals surface area contributed by atoms with Crippen molar-refractivity contribution in [2.75, 3.05) is 6.54 Å². The molecule has 26 heavy (non-hydrogen) atoms. The summed E-state index contributed by atoms with van der Waals surface area (Å²) in [5.41, 5.74) is -0.590. The van der Waals surface area contributed by atoms with E-state index in [1.165, 1.54) is 0 Å². The largest absolute Gasteiger partial charge is 0.491 e. The summed E-state index contributed by atoms with van der Waals surface area (Å²) in [6.45, 7) is 5.77. The first-order chi connectivity index (χ1) is 12.3. The zero-order valence-corrected chi connectivity index (χ0v) is 16.0. The predicted molar refractivity (Wildman–Crippen MR) is 106 cm³/mol. The average Bonchev–Trinajstić information content (AvgIpc) is 3.05. The lowest BCUT2D eigenvalue weighted by molar-refractivity contribution is 0.0557. The lowest BCUT2D eigenvalue weighted by Crippen LogP contribution is -2.38. The first-order valence-electron chi connectivity index (χ1n) is 8.61. The minimum Gasteiger partial charge on any atom is -0.491 e. The van der Waals surface area contributed by atoms with Crippen molar-refractivity contribution >= 4 is 27.3 Å². The van der Waals surface area contributed by atoms with Gasteiger partial charge in [-0.15, -0.1) is 11.3 Å². The Kier molecular flexibility index (Phi) is 5.30. The first-order valence-corrected chi connectivity index (χ1v) is 9.43. The Morgan fingerprint density at radius 2 is 1.88 bits per heavy atom. The van der Waals surface area contributed by atoms with Crippen LogP contribution in [0, 0.1) is 0 Å². The summed E-state index contributed by atoms with van der Waals surface area (Å²) >= 11 is 1.54. The molecule has 0 fully saturated rings. The molecule has 3 rings (SSSR count). The number of carbonyl (C=O) groups excluding carboxylic acids is 1. The fourth-order valence-corrected chi connectivity index (χ4v) is 3.75. The van der Waals surface area contributed by atoms with E-state index < -0.39 is 5.60 Å². The van der Waals surface area contributed by atoms with Crippen LogP contribution < -0.4 is 10.1 Å². The summed E-state index contributed by atoms with van der Waals surface area (Å²) in [4.78, 5) is 13.2. The molecule has 0 spiro atoms. The minimum absolute atomic E-state index is 0.0890. The van der Waals surface area contributed by atoms with Gasteiger partial charge >= 0.3 is 0 Å². The van der Waals surface area contributed by atoms with E-state index in [0.717, 1.165) is 20.7 Å². The second kappa shape index (κ2) is 7.48. The smallest absolute Gasteiger partial charge is 0.251 e. The fourth-order valence-electron chi connectivity index (χ4n) is 2.65. The van der Waals surface area contributed by atoms with E-state index in [0.29, 0.717) is 5.56 Å². The molecule has 1 heterocycles. The molecule has 0 bridgehead atoms. The quantitative estimate of drug-likeness (QED) is 0.680. The maximum absolute atomic E-state index is 12.4. The maximum Gasteiger partial charge on any atom is 0.251 e. The fraction of sp³-hybridized carbons (Fsp3) is 0.286. The van der Waals surface area contributed by atoms with Gasteiger partial charge in [-0.3, -0.25) is 4.79 Å². The van der Waals surface area contributed by atoms with E-state index in [-0.39, 0.29) is 18.6 Å². The molecule has 0 aliphatic heterocycles. The number of thiophene rings is 1. The number of carbonyl (C=O) groups is 1. The highest BCUT2D eigenvalue weighted by molar-refractivity contribution is 7.19.